The normalized spacial score (nSPS) is 18.2. The van der Waals surface area contributed by atoms with Gasteiger partial charge in [0.25, 0.3) is 0 Å². The van der Waals surface area contributed by atoms with Crippen LogP contribution in [0.1, 0.15) is 47.3 Å². The first-order chi connectivity index (χ1) is 13.1. The average molecular weight is 383 g/mol. The van der Waals surface area contributed by atoms with Crippen molar-refractivity contribution in [3.63, 3.8) is 0 Å². The largest absolute Gasteiger partial charge is 0.489 e. The van der Waals surface area contributed by atoms with Crippen LogP contribution in [0.15, 0.2) is 24.3 Å². The fourth-order valence-corrected chi connectivity index (χ4v) is 3.48. The first-order valence-electron chi connectivity index (χ1n) is 9.14. The second-order valence-electron chi connectivity index (χ2n) is 7.51. The van der Waals surface area contributed by atoms with E-state index >= 15 is 0 Å². The molecule has 6 heteroatoms. The van der Waals surface area contributed by atoms with Crippen molar-refractivity contribution in [1.82, 2.24) is 0 Å². The monoisotopic (exact) mass is 383 g/mol. The number of Topliss-reactive ketones (excluding diaryl/α,β-unsaturated/α-hetero) is 1. The third-order valence-corrected chi connectivity index (χ3v) is 5.00. The van der Waals surface area contributed by atoms with Gasteiger partial charge in [-0.3, -0.25) is 9.59 Å². The third kappa shape index (κ3) is 3.67. The second kappa shape index (κ2) is 7.19. The molecule has 148 valence electrons. The lowest BCUT2D eigenvalue weighted by Gasteiger charge is -2.36. The molecule has 0 amide bonds. The molecule has 0 radical (unpaired) electrons. The number of fused-ring (bicyclic) bond motifs is 1. The second-order valence-corrected chi connectivity index (χ2v) is 7.51. The van der Waals surface area contributed by atoms with E-state index in [0.717, 1.165) is 11.1 Å². The summed E-state index contributed by atoms with van der Waals surface area (Å²) in [6.07, 6.45) is 0.158. The molecule has 6 nitrogen and oxygen atoms in total. The Bertz CT molecular complexity index is 966. The lowest BCUT2D eigenvalue weighted by atomic mass is 9.86. The molecule has 0 saturated heterocycles. The van der Waals surface area contributed by atoms with E-state index in [4.69, 9.17) is 19.9 Å². The Morgan fingerprint density at radius 3 is 2.57 bits per heavy atom. The van der Waals surface area contributed by atoms with Gasteiger partial charge in [0.05, 0.1) is 12.0 Å². The molecule has 1 aliphatic heterocycles. The zero-order valence-corrected chi connectivity index (χ0v) is 16.8. The summed E-state index contributed by atoms with van der Waals surface area (Å²) in [6, 6.07) is 7.12. The minimum atomic E-state index is -0.818. The highest BCUT2D eigenvalue weighted by Crippen LogP contribution is 2.43. The zero-order valence-electron chi connectivity index (χ0n) is 16.8. The van der Waals surface area contributed by atoms with Crippen LogP contribution >= 0.6 is 0 Å². The first-order valence-corrected chi connectivity index (χ1v) is 9.14. The average Bonchev–Trinajstić information content (AvgIpc) is 2.61. The summed E-state index contributed by atoms with van der Waals surface area (Å²) in [7, 11) is 0. The lowest BCUT2D eigenvalue weighted by Crippen LogP contribution is -2.45. The number of rotatable bonds is 4. The molecule has 0 saturated carbocycles. The summed E-state index contributed by atoms with van der Waals surface area (Å²) in [5.41, 5.74) is 8.22. The van der Waals surface area contributed by atoms with Gasteiger partial charge in [0.1, 0.15) is 29.5 Å². The first kappa shape index (κ1) is 19.7. The van der Waals surface area contributed by atoms with Crippen LogP contribution in [-0.2, 0) is 4.79 Å². The molecule has 2 N–H and O–H groups in total. The van der Waals surface area contributed by atoms with Gasteiger partial charge in [0.2, 0.25) is 0 Å². The molecule has 0 spiro atoms. The fraction of sp³-hybridized carbons (Fsp3) is 0.364. The van der Waals surface area contributed by atoms with E-state index < -0.39 is 11.6 Å². The van der Waals surface area contributed by atoms with Crippen LogP contribution < -0.4 is 19.9 Å². The summed E-state index contributed by atoms with van der Waals surface area (Å²) in [5.74, 6) is 1.10. The van der Waals surface area contributed by atoms with E-state index in [-0.39, 0.29) is 18.8 Å². The minimum absolute atomic E-state index is 0.0612. The Kier molecular flexibility index (Phi) is 5.06. The van der Waals surface area contributed by atoms with Gasteiger partial charge < -0.3 is 19.9 Å². The highest BCUT2D eigenvalue weighted by molar-refractivity contribution is 6.03. The third-order valence-electron chi connectivity index (χ3n) is 5.00. The van der Waals surface area contributed by atoms with Crippen molar-refractivity contribution in [2.24, 2.45) is 0 Å². The highest BCUT2D eigenvalue weighted by atomic mass is 16.5. The number of hydrogen-bond acceptors (Lipinski definition) is 6. The van der Waals surface area contributed by atoms with Crippen molar-refractivity contribution >= 4 is 17.4 Å². The number of nitrogens with two attached hydrogens (primary N) is 1. The summed E-state index contributed by atoms with van der Waals surface area (Å²) in [6.45, 7) is 8.88. The van der Waals surface area contributed by atoms with Crippen LogP contribution in [0.25, 0.3) is 0 Å². The van der Waals surface area contributed by atoms with E-state index in [9.17, 15) is 9.59 Å². The number of ketones is 1. The molecule has 1 unspecified atom stereocenters. The molecular formula is C22H25NO5. The van der Waals surface area contributed by atoms with E-state index in [1.807, 2.05) is 32.9 Å². The SMILES string of the molecule is CC(=O)Oc1c(C)c(C)c2c(c1C)C(=O)CC(C)(COc1cccc(N)c1)O2. The molecular weight excluding hydrogens is 358 g/mol. The topological polar surface area (TPSA) is 87.9 Å². The van der Waals surface area contributed by atoms with E-state index in [0.29, 0.717) is 34.1 Å². The predicted molar refractivity (Wildman–Crippen MR) is 106 cm³/mol. The van der Waals surface area contributed by atoms with Gasteiger partial charge in [-0.1, -0.05) is 6.07 Å². The van der Waals surface area contributed by atoms with Crippen LogP contribution in [0.2, 0.25) is 0 Å². The minimum Gasteiger partial charge on any atom is -0.489 e. The summed E-state index contributed by atoms with van der Waals surface area (Å²) < 4.78 is 17.5. The van der Waals surface area contributed by atoms with Crippen molar-refractivity contribution in [2.45, 2.75) is 46.6 Å². The van der Waals surface area contributed by atoms with E-state index in [2.05, 4.69) is 0 Å². The Morgan fingerprint density at radius 2 is 1.93 bits per heavy atom. The summed E-state index contributed by atoms with van der Waals surface area (Å²) in [4.78, 5) is 24.5. The van der Waals surface area contributed by atoms with Crippen molar-refractivity contribution < 1.29 is 23.8 Å². The van der Waals surface area contributed by atoms with Gasteiger partial charge in [-0.15, -0.1) is 0 Å². The van der Waals surface area contributed by atoms with Gasteiger partial charge in [-0.2, -0.15) is 0 Å². The van der Waals surface area contributed by atoms with Crippen molar-refractivity contribution in [2.75, 3.05) is 12.3 Å². The number of carbonyl (C=O) groups excluding carboxylic acids is 2. The maximum Gasteiger partial charge on any atom is 0.308 e. The molecule has 1 heterocycles. The van der Waals surface area contributed by atoms with Gasteiger partial charge in [0, 0.05) is 24.2 Å². The predicted octanol–water partition coefficient (Wildman–Crippen LogP) is 3.92. The standard InChI is InChI=1S/C22H25NO5/c1-12-13(2)21-19(14(3)20(12)27-15(4)24)18(25)10-22(5,28-21)11-26-17-8-6-7-16(23)9-17/h6-9H,10-11,23H2,1-5H3. The molecule has 28 heavy (non-hydrogen) atoms. The van der Waals surface area contributed by atoms with Crippen LogP contribution in [0.3, 0.4) is 0 Å². The molecule has 0 bridgehead atoms. The Hall–Kier alpha value is -3.02. The van der Waals surface area contributed by atoms with Crippen LogP contribution in [0, 0.1) is 20.8 Å². The van der Waals surface area contributed by atoms with Gasteiger partial charge in [-0.25, -0.2) is 0 Å². The molecule has 0 fully saturated rings. The molecule has 3 rings (SSSR count). The van der Waals surface area contributed by atoms with Crippen LogP contribution in [-0.4, -0.2) is 24.0 Å². The van der Waals surface area contributed by atoms with Crippen molar-refractivity contribution in [3.8, 4) is 17.2 Å². The number of carbonyl (C=O) groups is 2. The maximum atomic E-state index is 13.0. The summed E-state index contributed by atoms with van der Waals surface area (Å²) >= 11 is 0. The molecule has 1 atom stereocenters. The van der Waals surface area contributed by atoms with Crippen LogP contribution in [0.4, 0.5) is 5.69 Å². The number of ether oxygens (including phenoxy) is 3. The van der Waals surface area contributed by atoms with Gasteiger partial charge in [0.15, 0.2) is 5.78 Å². The number of nitrogen functional groups attached to an aromatic ring is 1. The Balaban J connectivity index is 1.93. The fourth-order valence-electron chi connectivity index (χ4n) is 3.48. The number of anilines is 1. The van der Waals surface area contributed by atoms with Crippen molar-refractivity contribution in [3.05, 3.63) is 46.5 Å². The van der Waals surface area contributed by atoms with Crippen molar-refractivity contribution in [1.29, 1.82) is 0 Å². The maximum absolute atomic E-state index is 13.0. The molecule has 0 aromatic heterocycles. The molecule has 1 aliphatic rings. The molecule has 2 aromatic rings. The number of hydrogen-bond donors (Lipinski definition) is 1. The Labute approximate surface area is 164 Å². The molecule has 0 aliphatic carbocycles. The quantitative estimate of drug-likeness (QED) is 0.489. The van der Waals surface area contributed by atoms with Crippen LogP contribution in [0.5, 0.6) is 17.2 Å². The number of esters is 1. The van der Waals surface area contributed by atoms with E-state index in [1.54, 1.807) is 19.1 Å². The number of benzene rings is 2. The summed E-state index contributed by atoms with van der Waals surface area (Å²) in [5, 5.41) is 0. The molecule has 2 aromatic carbocycles. The highest BCUT2D eigenvalue weighted by Gasteiger charge is 2.40. The van der Waals surface area contributed by atoms with E-state index in [1.165, 1.54) is 6.92 Å². The van der Waals surface area contributed by atoms with Gasteiger partial charge in [-0.05, 0) is 51.0 Å². The Morgan fingerprint density at radius 1 is 1.21 bits per heavy atom. The zero-order chi connectivity index (χ0) is 20.6. The van der Waals surface area contributed by atoms with Gasteiger partial charge >= 0.3 is 5.97 Å². The lowest BCUT2D eigenvalue weighted by molar-refractivity contribution is -0.132. The smallest absolute Gasteiger partial charge is 0.308 e.